The summed E-state index contributed by atoms with van der Waals surface area (Å²) < 4.78 is 35.2. The highest BCUT2D eigenvalue weighted by Crippen LogP contribution is 2.28. The maximum atomic E-state index is 13.0. The molecule has 1 unspecified atom stereocenters. The number of alkyl halides is 3. The zero-order chi connectivity index (χ0) is 24.2. The van der Waals surface area contributed by atoms with E-state index in [1.807, 2.05) is 29.6 Å². The highest BCUT2D eigenvalue weighted by molar-refractivity contribution is 7.17. The smallest absolute Gasteiger partial charge is 0.475 e. The van der Waals surface area contributed by atoms with Crippen molar-refractivity contribution in [3.8, 4) is 0 Å². The van der Waals surface area contributed by atoms with Gasteiger partial charge in [-0.3, -0.25) is 4.79 Å². The Morgan fingerprint density at radius 1 is 1.27 bits per heavy atom. The molecule has 0 aliphatic carbocycles. The molecule has 1 aromatic carbocycles. The number of benzene rings is 1. The molecule has 1 N–H and O–H groups in total. The van der Waals surface area contributed by atoms with Crippen LogP contribution in [0.3, 0.4) is 0 Å². The number of imidazole rings is 1. The summed E-state index contributed by atoms with van der Waals surface area (Å²) in [7, 11) is 4.17. The van der Waals surface area contributed by atoms with E-state index in [2.05, 4.69) is 46.1 Å². The molecule has 33 heavy (non-hydrogen) atoms. The summed E-state index contributed by atoms with van der Waals surface area (Å²) in [6.45, 7) is 2.41. The first-order valence-electron chi connectivity index (χ1n) is 10.2. The molecule has 0 spiro atoms. The van der Waals surface area contributed by atoms with E-state index in [-0.39, 0.29) is 5.91 Å². The van der Waals surface area contributed by atoms with Crippen LogP contribution >= 0.6 is 11.3 Å². The average Bonchev–Trinajstić information content (AvgIpc) is 3.39. The molecule has 0 saturated carbocycles. The second kappa shape index (κ2) is 10.3. The van der Waals surface area contributed by atoms with E-state index in [0.29, 0.717) is 19.0 Å². The van der Waals surface area contributed by atoms with Crippen LogP contribution in [-0.4, -0.2) is 69.7 Å². The van der Waals surface area contributed by atoms with Crippen LogP contribution < -0.4 is 0 Å². The number of nitrogens with zero attached hydrogens (tertiary/aromatic N) is 4. The summed E-state index contributed by atoms with van der Waals surface area (Å²) in [6, 6.07) is 8.61. The molecule has 0 radical (unpaired) electrons. The monoisotopic (exact) mass is 482 g/mol. The number of halogens is 3. The Labute approximate surface area is 193 Å². The zero-order valence-corrected chi connectivity index (χ0v) is 19.1. The molecule has 3 aromatic rings. The maximum absolute atomic E-state index is 13.0. The van der Waals surface area contributed by atoms with Gasteiger partial charge in [-0.15, -0.1) is 11.3 Å². The van der Waals surface area contributed by atoms with Crippen molar-refractivity contribution >= 4 is 33.3 Å². The number of carboxylic acid groups (broad SMARTS) is 1. The third kappa shape index (κ3) is 6.32. The highest BCUT2D eigenvalue weighted by Gasteiger charge is 2.38. The average molecular weight is 483 g/mol. The maximum Gasteiger partial charge on any atom is 0.490 e. The molecule has 0 fully saturated rings. The van der Waals surface area contributed by atoms with E-state index in [0.717, 1.165) is 30.8 Å². The second-order valence-corrected chi connectivity index (χ2v) is 8.96. The Morgan fingerprint density at radius 3 is 2.64 bits per heavy atom. The number of aliphatic carboxylic acids is 1. The van der Waals surface area contributed by atoms with Crippen LogP contribution in [0.1, 0.15) is 23.7 Å². The standard InChI is InChI=1S/C20H24N4OS.C2HF3O2/c1-22(2)8-7-16-11-23(12-17-10-21-14-24(16)17)20(25)9-15-13-26-19-6-4-3-5-18(15)19;3-2(4,5)1(6)7/h3-6,10,13-14,16H,7-9,11-12H2,1-2H3;(H,6,7). The van der Waals surface area contributed by atoms with Crippen LogP contribution in [0.25, 0.3) is 10.1 Å². The van der Waals surface area contributed by atoms with Gasteiger partial charge in [-0.05, 0) is 49.5 Å². The fourth-order valence-electron chi connectivity index (χ4n) is 3.66. The minimum Gasteiger partial charge on any atom is -0.475 e. The highest BCUT2D eigenvalue weighted by atomic mass is 32.1. The Balaban J connectivity index is 0.000000383. The van der Waals surface area contributed by atoms with Crippen molar-refractivity contribution in [1.29, 1.82) is 0 Å². The number of hydrogen-bond acceptors (Lipinski definition) is 5. The van der Waals surface area contributed by atoms with Crippen molar-refractivity contribution in [3.05, 3.63) is 53.4 Å². The molecule has 178 valence electrons. The third-order valence-electron chi connectivity index (χ3n) is 5.33. The number of hydrogen-bond donors (Lipinski definition) is 1. The topological polar surface area (TPSA) is 78.7 Å². The van der Waals surface area contributed by atoms with Crippen molar-refractivity contribution < 1.29 is 27.9 Å². The fraction of sp³-hybridized carbons (Fsp3) is 0.409. The molecular formula is C22H25F3N4O3S. The number of aromatic nitrogens is 2. The molecule has 1 atom stereocenters. The van der Waals surface area contributed by atoms with Gasteiger partial charge in [-0.2, -0.15) is 13.2 Å². The second-order valence-electron chi connectivity index (χ2n) is 8.05. The van der Waals surface area contributed by atoms with Crippen LogP contribution in [0.15, 0.2) is 42.2 Å². The van der Waals surface area contributed by atoms with Gasteiger partial charge >= 0.3 is 12.1 Å². The summed E-state index contributed by atoms with van der Waals surface area (Å²) in [6.07, 6.45) is 0.200. The Hall–Kier alpha value is -2.92. The van der Waals surface area contributed by atoms with E-state index in [1.54, 1.807) is 11.3 Å². The van der Waals surface area contributed by atoms with Gasteiger partial charge in [0.15, 0.2) is 0 Å². The van der Waals surface area contributed by atoms with Crippen molar-refractivity contribution in [2.45, 2.75) is 31.6 Å². The Kier molecular flexibility index (Phi) is 7.75. The fourth-order valence-corrected chi connectivity index (χ4v) is 4.62. The third-order valence-corrected chi connectivity index (χ3v) is 6.34. The summed E-state index contributed by atoms with van der Waals surface area (Å²) >= 11 is 1.71. The first kappa shape index (κ1) is 24.7. The molecule has 7 nitrogen and oxygen atoms in total. The summed E-state index contributed by atoms with van der Waals surface area (Å²) in [5.41, 5.74) is 2.27. The van der Waals surface area contributed by atoms with Gasteiger partial charge in [0.05, 0.1) is 31.0 Å². The lowest BCUT2D eigenvalue weighted by molar-refractivity contribution is -0.192. The van der Waals surface area contributed by atoms with Gasteiger partial charge in [0, 0.05) is 17.4 Å². The lowest BCUT2D eigenvalue weighted by atomic mass is 10.1. The number of carbonyl (C=O) groups is 2. The molecule has 0 saturated heterocycles. The van der Waals surface area contributed by atoms with Gasteiger partial charge < -0.3 is 19.5 Å². The van der Waals surface area contributed by atoms with E-state index < -0.39 is 12.1 Å². The molecule has 1 amide bonds. The van der Waals surface area contributed by atoms with Crippen LogP contribution in [0.4, 0.5) is 13.2 Å². The predicted octanol–water partition coefficient (Wildman–Crippen LogP) is 3.81. The molecular weight excluding hydrogens is 457 g/mol. The summed E-state index contributed by atoms with van der Waals surface area (Å²) in [5, 5.41) is 10.5. The number of rotatable bonds is 5. The van der Waals surface area contributed by atoms with Crippen LogP contribution in [0.5, 0.6) is 0 Å². The molecule has 11 heteroatoms. The van der Waals surface area contributed by atoms with Gasteiger partial charge in [-0.25, -0.2) is 9.78 Å². The number of carboxylic acids is 1. The van der Waals surface area contributed by atoms with Crippen LogP contribution in [-0.2, 0) is 22.6 Å². The van der Waals surface area contributed by atoms with E-state index >= 15 is 0 Å². The first-order valence-corrected chi connectivity index (χ1v) is 11.1. The number of thiophene rings is 1. The largest absolute Gasteiger partial charge is 0.490 e. The lowest BCUT2D eigenvalue weighted by Crippen LogP contribution is -2.42. The number of amides is 1. The quantitative estimate of drug-likeness (QED) is 0.599. The zero-order valence-electron chi connectivity index (χ0n) is 18.2. The predicted molar refractivity (Wildman–Crippen MR) is 119 cm³/mol. The van der Waals surface area contributed by atoms with Crippen molar-refractivity contribution in [2.24, 2.45) is 0 Å². The van der Waals surface area contributed by atoms with Gasteiger partial charge in [0.2, 0.25) is 5.91 Å². The van der Waals surface area contributed by atoms with E-state index in [4.69, 9.17) is 9.90 Å². The van der Waals surface area contributed by atoms with Gasteiger partial charge in [0.1, 0.15) is 0 Å². The SMILES string of the molecule is CN(C)CCC1CN(C(=O)Cc2csc3ccccc23)Cc2cncn21.O=C(O)C(F)(F)F. The molecule has 2 aromatic heterocycles. The molecule has 0 bridgehead atoms. The van der Waals surface area contributed by atoms with Crippen molar-refractivity contribution in [1.82, 2.24) is 19.4 Å². The minimum absolute atomic E-state index is 0.204. The normalized spacial score (nSPS) is 15.8. The van der Waals surface area contributed by atoms with Crippen LogP contribution in [0.2, 0.25) is 0 Å². The molecule has 3 heterocycles. The van der Waals surface area contributed by atoms with Crippen molar-refractivity contribution in [2.75, 3.05) is 27.2 Å². The Morgan fingerprint density at radius 2 is 1.97 bits per heavy atom. The molecule has 4 rings (SSSR count). The first-order chi connectivity index (χ1) is 15.6. The summed E-state index contributed by atoms with van der Waals surface area (Å²) in [5.74, 6) is -2.55. The molecule has 1 aliphatic heterocycles. The minimum atomic E-state index is -5.08. The van der Waals surface area contributed by atoms with E-state index in [9.17, 15) is 18.0 Å². The van der Waals surface area contributed by atoms with Crippen LogP contribution in [0, 0.1) is 0 Å². The molecule has 1 aliphatic rings. The summed E-state index contributed by atoms with van der Waals surface area (Å²) in [4.78, 5) is 30.4. The Bertz CT molecular complexity index is 1110. The van der Waals surface area contributed by atoms with Gasteiger partial charge in [-0.1, -0.05) is 18.2 Å². The number of fused-ring (bicyclic) bond motifs is 2. The lowest BCUT2D eigenvalue weighted by Gasteiger charge is -2.35. The van der Waals surface area contributed by atoms with Crippen molar-refractivity contribution in [3.63, 3.8) is 0 Å². The van der Waals surface area contributed by atoms with E-state index in [1.165, 1.54) is 10.1 Å². The number of carbonyl (C=O) groups excluding carboxylic acids is 1. The van der Waals surface area contributed by atoms with Gasteiger partial charge in [0.25, 0.3) is 0 Å².